The summed E-state index contributed by atoms with van der Waals surface area (Å²) < 4.78 is 0. The zero-order chi connectivity index (χ0) is 12.5. The van der Waals surface area contributed by atoms with Crippen molar-refractivity contribution in [3.05, 3.63) is 0 Å². The van der Waals surface area contributed by atoms with E-state index in [0.29, 0.717) is 5.91 Å². The summed E-state index contributed by atoms with van der Waals surface area (Å²) in [6.45, 7) is 7.25. The second-order valence-corrected chi connectivity index (χ2v) is 5.03. The van der Waals surface area contributed by atoms with Crippen LogP contribution < -0.4 is 5.32 Å². The molecule has 1 atom stereocenters. The highest BCUT2D eigenvalue weighted by Gasteiger charge is 2.24. The average Bonchev–Trinajstić information content (AvgIpc) is 2.39. The highest BCUT2D eigenvalue weighted by Crippen LogP contribution is 2.11. The minimum atomic E-state index is 0.0949. The zero-order valence-electron chi connectivity index (χ0n) is 11.5. The number of unbranched alkanes of at least 4 members (excludes halogenated alkanes) is 2. The van der Waals surface area contributed by atoms with Crippen LogP contribution in [0.1, 0.15) is 58.8 Å². The first kappa shape index (κ1) is 14.5. The van der Waals surface area contributed by atoms with Crippen LogP contribution in [0.25, 0.3) is 0 Å². The molecule has 3 heteroatoms. The van der Waals surface area contributed by atoms with Gasteiger partial charge in [0.1, 0.15) is 0 Å². The number of carbonyl (C=O) groups is 1. The van der Waals surface area contributed by atoms with Gasteiger partial charge in [0.25, 0.3) is 0 Å². The highest BCUT2D eigenvalue weighted by atomic mass is 16.2. The van der Waals surface area contributed by atoms with E-state index >= 15 is 0 Å². The number of rotatable bonds is 7. The van der Waals surface area contributed by atoms with E-state index in [1.807, 2.05) is 0 Å². The first-order valence-corrected chi connectivity index (χ1v) is 7.31. The molecule has 0 radical (unpaired) electrons. The lowest BCUT2D eigenvalue weighted by atomic mass is 10.0. The minimum absolute atomic E-state index is 0.0949. The van der Waals surface area contributed by atoms with Gasteiger partial charge in [-0.3, -0.25) is 4.79 Å². The maximum Gasteiger partial charge on any atom is 0.239 e. The fourth-order valence-electron chi connectivity index (χ4n) is 2.31. The van der Waals surface area contributed by atoms with Gasteiger partial charge in [0.05, 0.1) is 6.04 Å². The lowest BCUT2D eigenvalue weighted by Gasteiger charge is -2.30. The van der Waals surface area contributed by atoms with Gasteiger partial charge in [-0.2, -0.15) is 0 Å². The van der Waals surface area contributed by atoms with Crippen LogP contribution in [0.5, 0.6) is 0 Å². The van der Waals surface area contributed by atoms with Crippen molar-refractivity contribution in [1.82, 2.24) is 10.2 Å². The van der Waals surface area contributed by atoms with Crippen LogP contribution in [0.4, 0.5) is 0 Å². The molecule has 0 aromatic heterocycles. The van der Waals surface area contributed by atoms with E-state index in [1.165, 1.54) is 12.8 Å². The van der Waals surface area contributed by atoms with Crippen molar-refractivity contribution in [2.75, 3.05) is 19.6 Å². The Kier molecular flexibility index (Phi) is 7.25. The maximum absolute atomic E-state index is 12.4. The summed E-state index contributed by atoms with van der Waals surface area (Å²) in [5.74, 6) is 0.339. The summed E-state index contributed by atoms with van der Waals surface area (Å²) >= 11 is 0. The second kappa shape index (κ2) is 8.51. The molecule has 1 N–H and O–H groups in total. The molecule has 0 saturated carbocycles. The Morgan fingerprint density at radius 1 is 1.18 bits per heavy atom. The number of amides is 1. The Hall–Kier alpha value is -0.570. The van der Waals surface area contributed by atoms with E-state index in [2.05, 4.69) is 24.1 Å². The van der Waals surface area contributed by atoms with Gasteiger partial charge in [-0.05, 0) is 32.2 Å². The summed E-state index contributed by atoms with van der Waals surface area (Å²) in [4.78, 5) is 14.5. The minimum Gasteiger partial charge on any atom is -0.341 e. The van der Waals surface area contributed by atoms with E-state index < -0.39 is 0 Å². The summed E-state index contributed by atoms with van der Waals surface area (Å²) in [7, 11) is 0. The molecule has 1 saturated heterocycles. The molecule has 1 aliphatic heterocycles. The van der Waals surface area contributed by atoms with Crippen molar-refractivity contribution in [1.29, 1.82) is 0 Å². The van der Waals surface area contributed by atoms with Gasteiger partial charge in [0, 0.05) is 13.1 Å². The SMILES string of the molecule is CCCCN(CCCC)C(=O)[C@H]1CCCCN1. The van der Waals surface area contributed by atoms with Gasteiger partial charge < -0.3 is 10.2 Å². The van der Waals surface area contributed by atoms with E-state index in [4.69, 9.17) is 0 Å². The normalized spacial score (nSPS) is 20.2. The topological polar surface area (TPSA) is 32.3 Å². The van der Waals surface area contributed by atoms with Crippen LogP contribution in [-0.4, -0.2) is 36.5 Å². The predicted molar refractivity (Wildman–Crippen MR) is 72.0 cm³/mol. The monoisotopic (exact) mass is 240 g/mol. The third-order valence-corrected chi connectivity index (χ3v) is 3.48. The number of hydrogen-bond donors (Lipinski definition) is 1. The summed E-state index contributed by atoms with van der Waals surface area (Å²) in [5.41, 5.74) is 0. The van der Waals surface area contributed by atoms with E-state index in [0.717, 1.165) is 51.7 Å². The Labute approximate surface area is 106 Å². The van der Waals surface area contributed by atoms with Crippen molar-refractivity contribution in [3.63, 3.8) is 0 Å². The van der Waals surface area contributed by atoms with E-state index in [1.54, 1.807) is 0 Å². The summed E-state index contributed by atoms with van der Waals surface area (Å²) in [6, 6.07) is 0.0949. The molecule has 1 amide bonds. The van der Waals surface area contributed by atoms with Gasteiger partial charge in [-0.15, -0.1) is 0 Å². The fraction of sp³-hybridized carbons (Fsp3) is 0.929. The van der Waals surface area contributed by atoms with Crippen molar-refractivity contribution in [2.24, 2.45) is 0 Å². The number of nitrogens with one attached hydrogen (secondary N) is 1. The molecular formula is C14H28N2O. The number of carbonyl (C=O) groups excluding carboxylic acids is 1. The smallest absolute Gasteiger partial charge is 0.239 e. The van der Waals surface area contributed by atoms with Gasteiger partial charge in [-0.1, -0.05) is 33.1 Å². The molecule has 1 fully saturated rings. The Bertz CT molecular complexity index is 204. The molecule has 0 aromatic carbocycles. The largest absolute Gasteiger partial charge is 0.341 e. The van der Waals surface area contributed by atoms with E-state index in [-0.39, 0.29) is 6.04 Å². The standard InChI is InChI=1S/C14H28N2O/c1-3-5-11-16(12-6-4-2)14(17)13-9-7-8-10-15-13/h13,15H,3-12H2,1-2H3/t13-/m1/s1. The first-order valence-electron chi connectivity index (χ1n) is 7.31. The van der Waals surface area contributed by atoms with Crippen molar-refractivity contribution >= 4 is 5.91 Å². The van der Waals surface area contributed by atoms with Crippen LogP contribution in [0, 0.1) is 0 Å². The average molecular weight is 240 g/mol. The molecule has 17 heavy (non-hydrogen) atoms. The number of piperidine rings is 1. The van der Waals surface area contributed by atoms with Crippen LogP contribution in [0.15, 0.2) is 0 Å². The summed E-state index contributed by atoms with van der Waals surface area (Å²) in [5, 5.41) is 3.36. The van der Waals surface area contributed by atoms with Crippen molar-refractivity contribution < 1.29 is 4.79 Å². The van der Waals surface area contributed by atoms with Gasteiger partial charge in [-0.25, -0.2) is 0 Å². The predicted octanol–water partition coefficient (Wildman–Crippen LogP) is 2.56. The molecule has 1 heterocycles. The quantitative estimate of drug-likeness (QED) is 0.742. The lowest BCUT2D eigenvalue weighted by Crippen LogP contribution is -2.49. The molecule has 0 aromatic rings. The van der Waals surface area contributed by atoms with Crippen molar-refractivity contribution in [3.8, 4) is 0 Å². The molecule has 100 valence electrons. The molecule has 3 nitrogen and oxygen atoms in total. The second-order valence-electron chi connectivity index (χ2n) is 5.03. The van der Waals surface area contributed by atoms with Crippen LogP contribution >= 0.6 is 0 Å². The first-order chi connectivity index (χ1) is 8.29. The molecule has 0 unspecified atom stereocenters. The Morgan fingerprint density at radius 3 is 2.29 bits per heavy atom. The number of hydrogen-bond acceptors (Lipinski definition) is 2. The highest BCUT2D eigenvalue weighted by molar-refractivity contribution is 5.82. The molecule has 0 bridgehead atoms. The number of nitrogens with zero attached hydrogens (tertiary/aromatic N) is 1. The summed E-state index contributed by atoms with van der Waals surface area (Å²) in [6.07, 6.45) is 8.01. The third-order valence-electron chi connectivity index (χ3n) is 3.48. The fourth-order valence-corrected chi connectivity index (χ4v) is 2.31. The Balaban J connectivity index is 2.44. The maximum atomic E-state index is 12.4. The molecule has 1 rings (SSSR count). The van der Waals surface area contributed by atoms with Crippen LogP contribution in [0.2, 0.25) is 0 Å². The zero-order valence-corrected chi connectivity index (χ0v) is 11.5. The molecular weight excluding hydrogens is 212 g/mol. The van der Waals surface area contributed by atoms with Crippen molar-refractivity contribution in [2.45, 2.75) is 64.8 Å². The molecule has 0 spiro atoms. The van der Waals surface area contributed by atoms with Gasteiger partial charge in [0.15, 0.2) is 0 Å². The lowest BCUT2D eigenvalue weighted by molar-refractivity contribution is -0.134. The van der Waals surface area contributed by atoms with Gasteiger partial charge >= 0.3 is 0 Å². The van der Waals surface area contributed by atoms with Crippen LogP contribution in [0.3, 0.4) is 0 Å². The molecule has 1 aliphatic rings. The van der Waals surface area contributed by atoms with Gasteiger partial charge in [0.2, 0.25) is 5.91 Å². The van der Waals surface area contributed by atoms with Crippen LogP contribution in [-0.2, 0) is 4.79 Å². The van der Waals surface area contributed by atoms with E-state index in [9.17, 15) is 4.79 Å². The third kappa shape index (κ3) is 5.07. The molecule has 0 aliphatic carbocycles. The Morgan fingerprint density at radius 2 is 1.82 bits per heavy atom.